The molecular weight excluding hydrogens is 267 g/mol. The van der Waals surface area contributed by atoms with Crippen LogP contribution < -0.4 is 5.32 Å². The summed E-state index contributed by atoms with van der Waals surface area (Å²) in [5.74, 6) is 0. The van der Waals surface area contributed by atoms with Crippen LogP contribution in [0, 0.1) is 0 Å². The maximum Gasteiger partial charge on any atom is 0.416 e. The van der Waals surface area contributed by atoms with Crippen LogP contribution in [0.15, 0.2) is 54.6 Å². The number of rotatable bonds is 4. The molecule has 0 heterocycles. The molecule has 0 saturated heterocycles. The molecule has 0 bridgehead atoms. The van der Waals surface area contributed by atoms with Crippen LogP contribution in [0.1, 0.15) is 0 Å². The molecule has 2 N–H and O–H groups in total. The number of aliphatic hydroxyl groups excluding tert-OH is 1. The molecule has 0 spiro atoms. The van der Waals surface area contributed by atoms with Crippen LogP contribution in [0.25, 0.3) is 11.1 Å². The third-order valence-corrected chi connectivity index (χ3v) is 2.88. The summed E-state index contributed by atoms with van der Waals surface area (Å²) in [5.41, 5.74) is 2.25. The van der Waals surface area contributed by atoms with Crippen molar-refractivity contribution >= 4 is 5.69 Å². The molecule has 1 unspecified atom stereocenters. The van der Waals surface area contributed by atoms with Gasteiger partial charge in [-0.1, -0.05) is 48.5 Å². The maximum atomic E-state index is 12.3. The lowest BCUT2D eigenvalue weighted by atomic mass is 10.0. The zero-order chi connectivity index (χ0) is 14.6. The minimum Gasteiger partial charge on any atom is -0.382 e. The predicted octanol–water partition coefficient (Wildman–Crippen LogP) is 3.69. The number of hydrogen-bond acceptors (Lipinski definition) is 2. The molecule has 0 radical (unpaired) electrons. The molecule has 2 rings (SSSR count). The molecule has 0 aliphatic heterocycles. The van der Waals surface area contributed by atoms with Crippen LogP contribution in [0.2, 0.25) is 0 Å². The lowest BCUT2D eigenvalue weighted by molar-refractivity contribution is -0.198. The third kappa shape index (κ3) is 3.51. The van der Waals surface area contributed by atoms with E-state index in [1.54, 1.807) is 12.1 Å². The van der Waals surface area contributed by atoms with E-state index in [2.05, 4.69) is 5.32 Å². The summed E-state index contributed by atoms with van der Waals surface area (Å²) in [6.45, 7) is -0.576. The number of alkyl halides is 3. The Labute approximate surface area is 114 Å². The van der Waals surface area contributed by atoms with Gasteiger partial charge < -0.3 is 10.4 Å². The quantitative estimate of drug-likeness (QED) is 0.895. The van der Waals surface area contributed by atoms with Gasteiger partial charge in [-0.15, -0.1) is 0 Å². The molecule has 0 aromatic heterocycles. The van der Waals surface area contributed by atoms with Crippen molar-refractivity contribution in [2.45, 2.75) is 12.3 Å². The summed E-state index contributed by atoms with van der Waals surface area (Å²) < 4.78 is 36.9. The van der Waals surface area contributed by atoms with Gasteiger partial charge in [0.2, 0.25) is 0 Å². The minimum absolute atomic E-state index is 0.557. The highest BCUT2D eigenvalue weighted by atomic mass is 19.4. The summed E-state index contributed by atoms with van der Waals surface area (Å²) in [5, 5.41) is 11.7. The largest absolute Gasteiger partial charge is 0.416 e. The van der Waals surface area contributed by atoms with Gasteiger partial charge in [0, 0.05) is 17.8 Å². The van der Waals surface area contributed by atoms with Crippen LogP contribution in [-0.4, -0.2) is 23.9 Å². The van der Waals surface area contributed by atoms with Crippen LogP contribution in [-0.2, 0) is 0 Å². The van der Waals surface area contributed by atoms with Gasteiger partial charge in [-0.3, -0.25) is 0 Å². The maximum absolute atomic E-state index is 12.3. The molecule has 20 heavy (non-hydrogen) atoms. The fourth-order valence-corrected chi connectivity index (χ4v) is 1.83. The van der Waals surface area contributed by atoms with E-state index in [9.17, 15) is 13.2 Å². The highest BCUT2D eigenvalue weighted by Gasteiger charge is 2.37. The van der Waals surface area contributed by atoms with Gasteiger partial charge in [0.15, 0.2) is 6.10 Å². The van der Waals surface area contributed by atoms with Crippen molar-refractivity contribution in [2.75, 3.05) is 11.9 Å². The van der Waals surface area contributed by atoms with Crippen molar-refractivity contribution in [1.29, 1.82) is 0 Å². The fourth-order valence-electron chi connectivity index (χ4n) is 1.83. The molecule has 0 aliphatic carbocycles. The highest BCUT2D eigenvalue weighted by Crippen LogP contribution is 2.28. The molecular formula is C15H14F3NO. The normalized spacial score (nSPS) is 13.0. The smallest absolute Gasteiger partial charge is 0.382 e. The Morgan fingerprint density at radius 2 is 1.55 bits per heavy atom. The van der Waals surface area contributed by atoms with Crippen LogP contribution >= 0.6 is 0 Å². The third-order valence-electron chi connectivity index (χ3n) is 2.88. The number of anilines is 1. The molecule has 0 aliphatic rings. The van der Waals surface area contributed by atoms with E-state index in [1.807, 2.05) is 42.5 Å². The first-order valence-electron chi connectivity index (χ1n) is 6.11. The Morgan fingerprint density at radius 3 is 2.20 bits per heavy atom. The number of nitrogens with one attached hydrogen (secondary N) is 1. The first kappa shape index (κ1) is 14.4. The Morgan fingerprint density at radius 1 is 0.950 bits per heavy atom. The van der Waals surface area contributed by atoms with Crippen molar-refractivity contribution in [3.63, 3.8) is 0 Å². The van der Waals surface area contributed by atoms with E-state index in [1.165, 1.54) is 0 Å². The van der Waals surface area contributed by atoms with Crippen LogP contribution in [0.4, 0.5) is 18.9 Å². The molecule has 0 amide bonds. The lowest BCUT2D eigenvalue weighted by Gasteiger charge is -2.17. The highest BCUT2D eigenvalue weighted by molar-refractivity contribution is 5.77. The first-order valence-corrected chi connectivity index (χ1v) is 6.11. The van der Waals surface area contributed by atoms with Gasteiger partial charge in [-0.2, -0.15) is 13.2 Å². The molecule has 106 valence electrons. The molecule has 0 fully saturated rings. The minimum atomic E-state index is -4.62. The van der Waals surface area contributed by atoms with Gasteiger partial charge in [0.05, 0.1) is 0 Å². The Balaban J connectivity index is 2.17. The number of benzene rings is 2. The lowest BCUT2D eigenvalue weighted by Crippen LogP contribution is -2.35. The second-order valence-corrected chi connectivity index (χ2v) is 4.35. The number of aliphatic hydroxyl groups is 1. The SMILES string of the molecule is OC(CNc1ccccc1-c1ccccc1)C(F)(F)F. The van der Waals surface area contributed by atoms with Crippen molar-refractivity contribution in [1.82, 2.24) is 0 Å². The second-order valence-electron chi connectivity index (χ2n) is 4.35. The van der Waals surface area contributed by atoms with Gasteiger partial charge in [-0.25, -0.2) is 0 Å². The van der Waals surface area contributed by atoms with E-state index < -0.39 is 18.8 Å². The predicted molar refractivity (Wildman–Crippen MR) is 72.4 cm³/mol. The molecule has 2 nitrogen and oxygen atoms in total. The average Bonchev–Trinajstić information content (AvgIpc) is 2.45. The summed E-state index contributed by atoms with van der Waals surface area (Å²) in [4.78, 5) is 0. The Hall–Kier alpha value is -2.01. The van der Waals surface area contributed by atoms with Gasteiger partial charge >= 0.3 is 6.18 Å². The molecule has 2 aromatic rings. The van der Waals surface area contributed by atoms with Crippen molar-refractivity contribution in [3.05, 3.63) is 54.6 Å². The zero-order valence-corrected chi connectivity index (χ0v) is 10.6. The van der Waals surface area contributed by atoms with Gasteiger partial charge in [0.25, 0.3) is 0 Å². The molecule has 0 saturated carbocycles. The number of halogens is 3. The number of hydrogen-bond donors (Lipinski definition) is 2. The van der Waals surface area contributed by atoms with Crippen molar-refractivity contribution in [3.8, 4) is 11.1 Å². The molecule has 2 aromatic carbocycles. The summed E-state index contributed by atoms with van der Waals surface area (Å²) in [6, 6.07) is 16.4. The fraction of sp³-hybridized carbons (Fsp3) is 0.200. The standard InChI is InChI=1S/C15H14F3NO/c16-15(17,18)14(20)10-19-13-9-5-4-8-12(13)11-6-2-1-3-7-11/h1-9,14,19-20H,10H2. The van der Waals surface area contributed by atoms with Crippen LogP contribution in [0.5, 0.6) is 0 Å². The summed E-state index contributed by atoms with van der Waals surface area (Å²) >= 11 is 0. The van der Waals surface area contributed by atoms with E-state index >= 15 is 0 Å². The Kier molecular flexibility index (Phi) is 4.29. The van der Waals surface area contributed by atoms with E-state index in [0.717, 1.165) is 11.1 Å². The van der Waals surface area contributed by atoms with Crippen molar-refractivity contribution in [2.24, 2.45) is 0 Å². The Bertz CT molecular complexity index is 555. The van der Waals surface area contributed by atoms with Crippen molar-refractivity contribution < 1.29 is 18.3 Å². The number of para-hydroxylation sites is 1. The average molecular weight is 281 g/mol. The first-order chi connectivity index (χ1) is 9.48. The van der Waals surface area contributed by atoms with Gasteiger partial charge in [0.1, 0.15) is 0 Å². The van der Waals surface area contributed by atoms with E-state index in [-0.39, 0.29) is 0 Å². The monoisotopic (exact) mass is 281 g/mol. The molecule has 1 atom stereocenters. The second kappa shape index (κ2) is 5.96. The summed E-state index contributed by atoms with van der Waals surface area (Å²) in [7, 11) is 0. The zero-order valence-electron chi connectivity index (χ0n) is 10.6. The summed E-state index contributed by atoms with van der Waals surface area (Å²) in [6.07, 6.45) is -7.00. The van der Waals surface area contributed by atoms with E-state index in [4.69, 9.17) is 5.11 Å². The molecule has 5 heteroatoms. The van der Waals surface area contributed by atoms with E-state index in [0.29, 0.717) is 5.69 Å². The topological polar surface area (TPSA) is 32.3 Å². The van der Waals surface area contributed by atoms with Gasteiger partial charge in [-0.05, 0) is 11.6 Å². The van der Waals surface area contributed by atoms with Crippen LogP contribution in [0.3, 0.4) is 0 Å².